The van der Waals surface area contributed by atoms with Gasteiger partial charge in [0.1, 0.15) is 5.82 Å². The van der Waals surface area contributed by atoms with Gasteiger partial charge in [-0.2, -0.15) is 10.2 Å². The second-order valence-electron chi connectivity index (χ2n) is 10.0. The van der Waals surface area contributed by atoms with Crippen LogP contribution in [0.5, 0.6) is 0 Å². The molecule has 3 nitrogen and oxygen atoms in total. The molecule has 0 radical (unpaired) electrons. The van der Waals surface area contributed by atoms with Gasteiger partial charge in [0.2, 0.25) is 0 Å². The van der Waals surface area contributed by atoms with E-state index in [9.17, 15) is 0 Å². The number of halogens is 1. The van der Waals surface area contributed by atoms with Gasteiger partial charge in [-0.05, 0) is 33.8 Å². The fourth-order valence-electron chi connectivity index (χ4n) is 4.91. The van der Waals surface area contributed by atoms with Gasteiger partial charge in [-0.3, -0.25) is 0 Å². The van der Waals surface area contributed by atoms with Crippen LogP contribution in [0.25, 0.3) is 10.9 Å². The van der Waals surface area contributed by atoms with E-state index < -0.39 is 28.5 Å². The fourth-order valence-corrected chi connectivity index (χ4v) is 10.3. The number of nitrogens with zero attached hydrogens (tertiary/aromatic N) is 1. The number of hydrogen-bond acceptors (Lipinski definition) is 2. The summed E-state index contributed by atoms with van der Waals surface area (Å²) < 4.78 is 30.7. The molecule has 0 amide bonds. The van der Waals surface area contributed by atoms with E-state index in [1.165, 1.54) is 0 Å². The molecular weight excluding hydrogens is 384 g/mol. The van der Waals surface area contributed by atoms with Crippen LogP contribution in [0.4, 0.5) is 4.39 Å². The van der Waals surface area contributed by atoms with E-state index in [0.29, 0.717) is 26.7 Å². The van der Waals surface area contributed by atoms with Gasteiger partial charge in [0.15, 0.2) is 0 Å². The third-order valence-electron chi connectivity index (χ3n) is 6.90. The standard InChI is InChI=1S/C23H37BFNO2S/c1-15(2)29(16(3)4,17(5)6)26-14-13-18-11-12-19(20(25)21(18)26)24-27-22(7,8)23(9,10)28-24/h11-17H,1-10H3. The third-order valence-corrected chi connectivity index (χ3v) is 12.4. The van der Waals surface area contributed by atoms with Crippen molar-refractivity contribution in [2.24, 2.45) is 0 Å². The van der Waals surface area contributed by atoms with Gasteiger partial charge in [0.05, 0.1) is 16.7 Å². The van der Waals surface area contributed by atoms with Crippen molar-refractivity contribution >= 4 is 33.7 Å². The highest BCUT2D eigenvalue weighted by atomic mass is 32.3. The van der Waals surface area contributed by atoms with Gasteiger partial charge in [0.25, 0.3) is 0 Å². The van der Waals surface area contributed by atoms with E-state index in [4.69, 9.17) is 9.31 Å². The van der Waals surface area contributed by atoms with Crippen molar-refractivity contribution < 1.29 is 13.7 Å². The fraction of sp³-hybridized carbons (Fsp3) is 0.652. The van der Waals surface area contributed by atoms with E-state index in [2.05, 4.69) is 51.7 Å². The third kappa shape index (κ3) is 3.26. The summed E-state index contributed by atoms with van der Waals surface area (Å²) in [5, 5.41) is 2.22. The molecule has 2 heterocycles. The van der Waals surface area contributed by atoms with Crippen molar-refractivity contribution in [2.75, 3.05) is 0 Å². The average Bonchev–Trinajstić information content (AvgIpc) is 3.07. The quantitative estimate of drug-likeness (QED) is 0.564. The molecule has 2 aromatic rings. The van der Waals surface area contributed by atoms with E-state index in [0.717, 1.165) is 5.39 Å². The van der Waals surface area contributed by atoms with Crippen molar-refractivity contribution in [3.05, 3.63) is 30.2 Å². The van der Waals surface area contributed by atoms with Crippen LogP contribution in [0.15, 0.2) is 24.4 Å². The van der Waals surface area contributed by atoms with Crippen LogP contribution in [-0.4, -0.2) is 38.0 Å². The Kier molecular flexibility index (Phi) is 5.73. The maximum atomic E-state index is 16.1. The van der Waals surface area contributed by atoms with Crippen molar-refractivity contribution in [3.63, 3.8) is 0 Å². The molecule has 0 unspecified atom stereocenters. The Hall–Kier alpha value is -0.975. The molecule has 162 valence electrons. The largest absolute Gasteiger partial charge is 0.497 e. The molecular formula is C23H37BFNO2S. The first kappa shape index (κ1) is 22.7. The normalized spacial score (nSPS) is 19.9. The Labute approximate surface area is 177 Å². The molecule has 1 saturated heterocycles. The first-order chi connectivity index (χ1) is 13.3. The highest BCUT2D eigenvalue weighted by molar-refractivity contribution is 8.33. The molecule has 0 aliphatic carbocycles. The van der Waals surface area contributed by atoms with Gasteiger partial charge >= 0.3 is 7.12 Å². The number of fused-ring (bicyclic) bond motifs is 1. The Morgan fingerprint density at radius 2 is 1.34 bits per heavy atom. The van der Waals surface area contributed by atoms with Gasteiger partial charge in [-0.1, -0.05) is 53.7 Å². The molecule has 3 rings (SSSR count). The van der Waals surface area contributed by atoms with E-state index in [1.807, 2.05) is 45.9 Å². The summed E-state index contributed by atoms with van der Waals surface area (Å²) in [6, 6.07) is 5.86. The lowest BCUT2D eigenvalue weighted by Crippen LogP contribution is -2.41. The highest BCUT2D eigenvalue weighted by Gasteiger charge is 2.52. The average molecular weight is 421 g/mol. The lowest BCUT2D eigenvalue weighted by atomic mass is 9.78. The van der Waals surface area contributed by atoms with Crippen LogP contribution in [-0.2, 0) is 9.31 Å². The summed E-state index contributed by atoms with van der Waals surface area (Å²) in [6.07, 6.45) is 2.09. The Balaban J connectivity index is 2.22. The number of aromatic nitrogens is 1. The van der Waals surface area contributed by atoms with Crippen LogP contribution in [0.2, 0.25) is 0 Å². The molecule has 1 aromatic carbocycles. The van der Waals surface area contributed by atoms with E-state index in [-0.39, 0.29) is 5.82 Å². The van der Waals surface area contributed by atoms with Crippen molar-refractivity contribution in [1.82, 2.24) is 3.97 Å². The molecule has 0 saturated carbocycles. The predicted molar refractivity (Wildman–Crippen MR) is 126 cm³/mol. The van der Waals surface area contributed by atoms with E-state index in [1.54, 1.807) is 0 Å². The van der Waals surface area contributed by atoms with Crippen molar-refractivity contribution in [1.29, 1.82) is 0 Å². The Morgan fingerprint density at radius 1 is 0.862 bits per heavy atom. The molecule has 6 heteroatoms. The van der Waals surface area contributed by atoms with Gasteiger partial charge < -0.3 is 13.3 Å². The zero-order valence-electron chi connectivity index (χ0n) is 19.7. The molecule has 0 bridgehead atoms. The summed E-state index contributed by atoms with van der Waals surface area (Å²) in [4.78, 5) is 0. The number of benzene rings is 1. The maximum absolute atomic E-state index is 16.1. The zero-order valence-corrected chi connectivity index (χ0v) is 20.5. The lowest BCUT2D eigenvalue weighted by Gasteiger charge is -2.52. The second kappa shape index (κ2) is 7.31. The first-order valence-electron chi connectivity index (χ1n) is 10.7. The summed E-state index contributed by atoms with van der Waals surface area (Å²) in [6.45, 7) is 21.6. The monoisotopic (exact) mass is 421 g/mol. The smallest absolute Gasteiger partial charge is 0.399 e. The maximum Gasteiger partial charge on any atom is 0.497 e. The molecule has 29 heavy (non-hydrogen) atoms. The van der Waals surface area contributed by atoms with Gasteiger partial charge in [-0.15, -0.1) is 0 Å². The van der Waals surface area contributed by atoms with Crippen LogP contribution in [0.1, 0.15) is 69.2 Å². The SMILES string of the molecule is CC(C)S(C(C)C)(C(C)C)n1ccc2ccc(B3OC(C)(C)C(C)(C)O3)c(F)c21. The highest BCUT2D eigenvalue weighted by Crippen LogP contribution is 2.62. The molecule has 1 aliphatic rings. The summed E-state index contributed by atoms with van der Waals surface area (Å²) in [7, 11) is -2.02. The molecule has 0 spiro atoms. The molecule has 0 atom stereocenters. The second-order valence-corrected chi connectivity index (χ2v) is 14.7. The topological polar surface area (TPSA) is 23.4 Å². The summed E-state index contributed by atoms with van der Waals surface area (Å²) >= 11 is 0. The molecule has 1 fully saturated rings. The lowest BCUT2D eigenvalue weighted by molar-refractivity contribution is 0.00578. The molecule has 1 aromatic heterocycles. The van der Waals surface area contributed by atoms with Crippen LogP contribution < -0.4 is 5.46 Å². The first-order valence-corrected chi connectivity index (χ1v) is 12.5. The van der Waals surface area contributed by atoms with Gasteiger partial charge in [-0.25, -0.2) is 4.39 Å². The molecule has 1 aliphatic heterocycles. The minimum Gasteiger partial charge on any atom is -0.399 e. The van der Waals surface area contributed by atoms with Crippen molar-refractivity contribution in [2.45, 2.75) is 96.2 Å². The minimum absolute atomic E-state index is 0.218. The zero-order chi connectivity index (χ0) is 21.9. The van der Waals surface area contributed by atoms with Crippen molar-refractivity contribution in [3.8, 4) is 0 Å². The number of rotatable bonds is 5. The minimum atomic E-state index is -1.32. The van der Waals surface area contributed by atoms with Crippen LogP contribution in [0, 0.1) is 5.82 Å². The van der Waals surface area contributed by atoms with Crippen LogP contribution in [0.3, 0.4) is 0 Å². The molecule has 0 N–H and O–H groups in total. The van der Waals surface area contributed by atoms with Gasteiger partial charge in [0, 0.05) is 32.8 Å². The summed E-state index contributed by atoms with van der Waals surface area (Å²) in [5.41, 5.74) is 0.178. The Morgan fingerprint density at radius 3 is 1.79 bits per heavy atom. The Bertz CT molecular complexity index is 866. The number of hydrogen-bond donors (Lipinski definition) is 0. The van der Waals surface area contributed by atoms with E-state index >= 15 is 4.39 Å². The predicted octanol–water partition coefficient (Wildman–Crippen LogP) is 5.87. The summed E-state index contributed by atoms with van der Waals surface area (Å²) in [5.74, 6) is -0.218. The van der Waals surface area contributed by atoms with Crippen LogP contribution >= 0.6 is 10.2 Å².